The lowest BCUT2D eigenvalue weighted by molar-refractivity contribution is 0.201. The van der Waals surface area contributed by atoms with E-state index in [1.807, 2.05) is 11.8 Å². The van der Waals surface area contributed by atoms with Gasteiger partial charge in [0.25, 0.3) is 0 Å². The molecule has 2 heterocycles. The number of thioether (sulfide) groups is 1. The minimum Gasteiger partial charge on any atom is -0.354 e. The Morgan fingerprint density at radius 2 is 2.18 bits per heavy atom. The quantitative estimate of drug-likeness (QED) is 0.743. The standard InChI is InChI=1S/C12H22BrN3S/c1-15-5-3-10(4-6-15)9-16(2)12-14-8-11(7-13)17-12/h10-11H,3-9H2,1-2H3. The first-order valence-electron chi connectivity index (χ1n) is 6.35. The van der Waals surface area contributed by atoms with E-state index in [1.165, 1.54) is 37.6 Å². The van der Waals surface area contributed by atoms with Crippen molar-refractivity contribution in [1.29, 1.82) is 0 Å². The van der Waals surface area contributed by atoms with Gasteiger partial charge in [-0.05, 0) is 38.9 Å². The predicted molar refractivity (Wildman–Crippen MR) is 80.3 cm³/mol. The highest BCUT2D eigenvalue weighted by Gasteiger charge is 2.24. The molecular weight excluding hydrogens is 298 g/mol. The van der Waals surface area contributed by atoms with Crippen molar-refractivity contribution in [3.63, 3.8) is 0 Å². The van der Waals surface area contributed by atoms with Crippen LogP contribution in [0.4, 0.5) is 0 Å². The van der Waals surface area contributed by atoms with Crippen molar-refractivity contribution in [1.82, 2.24) is 9.80 Å². The van der Waals surface area contributed by atoms with E-state index in [0.29, 0.717) is 5.25 Å². The molecule has 0 aliphatic carbocycles. The molecule has 0 aromatic carbocycles. The fourth-order valence-electron chi connectivity index (χ4n) is 2.40. The molecule has 5 heteroatoms. The molecule has 0 radical (unpaired) electrons. The van der Waals surface area contributed by atoms with E-state index in [9.17, 15) is 0 Å². The van der Waals surface area contributed by atoms with Crippen molar-refractivity contribution in [2.75, 3.05) is 45.6 Å². The molecule has 1 atom stereocenters. The van der Waals surface area contributed by atoms with Gasteiger partial charge < -0.3 is 9.80 Å². The molecule has 0 bridgehead atoms. The summed E-state index contributed by atoms with van der Waals surface area (Å²) in [6, 6.07) is 0. The Morgan fingerprint density at radius 3 is 2.76 bits per heavy atom. The monoisotopic (exact) mass is 319 g/mol. The molecule has 3 nitrogen and oxygen atoms in total. The Kier molecular flexibility index (Phi) is 5.18. The molecule has 1 saturated heterocycles. The molecule has 0 amide bonds. The zero-order valence-electron chi connectivity index (χ0n) is 10.7. The van der Waals surface area contributed by atoms with Gasteiger partial charge in [-0.15, -0.1) is 0 Å². The van der Waals surface area contributed by atoms with E-state index >= 15 is 0 Å². The molecule has 0 N–H and O–H groups in total. The summed E-state index contributed by atoms with van der Waals surface area (Å²) in [5.74, 6) is 0.850. The number of piperidine rings is 1. The van der Waals surface area contributed by atoms with Gasteiger partial charge in [-0.1, -0.05) is 27.7 Å². The summed E-state index contributed by atoms with van der Waals surface area (Å²) in [4.78, 5) is 9.43. The minimum absolute atomic E-state index is 0.643. The maximum Gasteiger partial charge on any atom is 0.159 e. The highest BCUT2D eigenvalue weighted by atomic mass is 79.9. The van der Waals surface area contributed by atoms with Crippen LogP contribution in [0.3, 0.4) is 0 Å². The van der Waals surface area contributed by atoms with Crippen LogP contribution in [0.2, 0.25) is 0 Å². The van der Waals surface area contributed by atoms with E-state index in [1.54, 1.807) is 0 Å². The Balaban J connectivity index is 1.76. The first-order valence-corrected chi connectivity index (χ1v) is 8.36. The Labute approximate surface area is 117 Å². The van der Waals surface area contributed by atoms with Gasteiger partial charge in [-0.2, -0.15) is 0 Å². The van der Waals surface area contributed by atoms with E-state index in [0.717, 1.165) is 17.8 Å². The minimum atomic E-state index is 0.643. The second-order valence-corrected chi connectivity index (χ2v) is 7.06. The van der Waals surface area contributed by atoms with Gasteiger partial charge in [0.2, 0.25) is 0 Å². The fraction of sp³-hybridized carbons (Fsp3) is 0.917. The normalized spacial score (nSPS) is 27.2. The van der Waals surface area contributed by atoms with E-state index in [4.69, 9.17) is 0 Å². The van der Waals surface area contributed by atoms with Gasteiger partial charge in [0.05, 0.1) is 6.54 Å². The summed E-state index contributed by atoms with van der Waals surface area (Å²) >= 11 is 5.47. The molecule has 17 heavy (non-hydrogen) atoms. The summed E-state index contributed by atoms with van der Waals surface area (Å²) in [7, 11) is 4.41. The molecule has 0 aromatic rings. The van der Waals surface area contributed by atoms with Crippen molar-refractivity contribution in [3.05, 3.63) is 0 Å². The Hall–Kier alpha value is 0.260. The lowest BCUT2D eigenvalue weighted by Crippen LogP contribution is -2.37. The van der Waals surface area contributed by atoms with Crippen molar-refractivity contribution in [3.8, 4) is 0 Å². The second kappa shape index (κ2) is 6.43. The number of aliphatic imine (C=N–C) groups is 1. The van der Waals surface area contributed by atoms with Crippen LogP contribution in [0, 0.1) is 5.92 Å². The number of halogens is 1. The van der Waals surface area contributed by atoms with Crippen LogP contribution in [-0.2, 0) is 0 Å². The fourth-order valence-corrected chi connectivity index (χ4v) is 3.92. The molecule has 2 rings (SSSR count). The number of rotatable bonds is 3. The maximum absolute atomic E-state index is 4.63. The number of alkyl halides is 1. The average molecular weight is 320 g/mol. The van der Waals surface area contributed by atoms with Crippen molar-refractivity contribution >= 4 is 32.9 Å². The van der Waals surface area contributed by atoms with E-state index in [2.05, 4.69) is 44.8 Å². The molecule has 1 fully saturated rings. The summed E-state index contributed by atoms with van der Waals surface area (Å²) in [6.45, 7) is 4.65. The third-order valence-corrected chi connectivity index (χ3v) is 6.08. The van der Waals surface area contributed by atoms with Gasteiger partial charge in [0.15, 0.2) is 5.17 Å². The summed E-state index contributed by atoms with van der Waals surface area (Å²) in [5, 5.41) is 2.94. The number of hydrogen-bond acceptors (Lipinski definition) is 4. The molecule has 0 spiro atoms. The van der Waals surface area contributed by atoms with Crippen LogP contribution in [0.5, 0.6) is 0 Å². The highest BCUT2D eigenvalue weighted by molar-refractivity contribution is 9.09. The summed E-state index contributed by atoms with van der Waals surface area (Å²) in [5.41, 5.74) is 0. The first kappa shape index (κ1) is 13.7. The van der Waals surface area contributed by atoms with Crippen LogP contribution >= 0.6 is 27.7 Å². The molecule has 0 saturated carbocycles. The Bertz CT molecular complexity index is 277. The predicted octanol–water partition coefficient (Wildman–Crippen LogP) is 2.13. The average Bonchev–Trinajstić information content (AvgIpc) is 2.81. The van der Waals surface area contributed by atoms with E-state index in [-0.39, 0.29) is 0 Å². The molecule has 1 unspecified atom stereocenters. The largest absolute Gasteiger partial charge is 0.354 e. The van der Waals surface area contributed by atoms with Crippen LogP contribution in [0.1, 0.15) is 12.8 Å². The number of nitrogens with zero attached hydrogens (tertiary/aromatic N) is 3. The number of amidine groups is 1. The zero-order chi connectivity index (χ0) is 12.3. The number of likely N-dealkylation sites (tertiary alicyclic amines) is 1. The smallest absolute Gasteiger partial charge is 0.159 e. The maximum atomic E-state index is 4.63. The van der Waals surface area contributed by atoms with Crippen molar-refractivity contribution in [2.45, 2.75) is 18.1 Å². The number of hydrogen-bond donors (Lipinski definition) is 0. The molecule has 0 aromatic heterocycles. The lowest BCUT2D eigenvalue weighted by atomic mass is 9.97. The van der Waals surface area contributed by atoms with Gasteiger partial charge in [0, 0.05) is 24.2 Å². The zero-order valence-corrected chi connectivity index (χ0v) is 13.1. The van der Waals surface area contributed by atoms with Gasteiger partial charge >= 0.3 is 0 Å². The summed E-state index contributed by atoms with van der Waals surface area (Å²) in [6.07, 6.45) is 2.67. The first-order chi connectivity index (χ1) is 8.19. The molecule has 2 aliphatic heterocycles. The lowest BCUT2D eigenvalue weighted by Gasteiger charge is -2.32. The van der Waals surface area contributed by atoms with Gasteiger partial charge in [0.1, 0.15) is 0 Å². The van der Waals surface area contributed by atoms with Gasteiger partial charge in [-0.3, -0.25) is 4.99 Å². The molecular formula is C12H22BrN3S. The topological polar surface area (TPSA) is 18.8 Å². The third kappa shape index (κ3) is 3.86. The summed E-state index contributed by atoms with van der Waals surface area (Å²) < 4.78 is 0. The van der Waals surface area contributed by atoms with Crippen LogP contribution in [0.15, 0.2) is 4.99 Å². The second-order valence-electron chi connectivity index (χ2n) is 5.14. The van der Waals surface area contributed by atoms with Crippen LogP contribution < -0.4 is 0 Å². The Morgan fingerprint density at radius 1 is 1.47 bits per heavy atom. The van der Waals surface area contributed by atoms with Crippen molar-refractivity contribution in [2.24, 2.45) is 10.9 Å². The third-order valence-electron chi connectivity index (χ3n) is 3.57. The van der Waals surface area contributed by atoms with Crippen LogP contribution in [-0.4, -0.2) is 65.8 Å². The SMILES string of the molecule is CN1CCC(CN(C)C2=NCC(CBr)S2)CC1. The van der Waals surface area contributed by atoms with Gasteiger partial charge in [-0.25, -0.2) is 0 Å². The van der Waals surface area contributed by atoms with Crippen molar-refractivity contribution < 1.29 is 0 Å². The highest BCUT2D eigenvalue weighted by Crippen LogP contribution is 2.26. The molecule has 98 valence electrons. The van der Waals surface area contributed by atoms with Crippen LogP contribution in [0.25, 0.3) is 0 Å². The molecule has 2 aliphatic rings. The van der Waals surface area contributed by atoms with E-state index < -0.39 is 0 Å².